The minimum atomic E-state index is -5.14. The molecule has 1 fully saturated rings. The quantitative estimate of drug-likeness (QED) is 0.0147. The molecule has 0 aromatic heterocycles. The van der Waals surface area contributed by atoms with Crippen LogP contribution in [0.5, 0.6) is 0 Å². The Balaban J connectivity index is 2.41. The highest BCUT2D eigenvalue weighted by molar-refractivity contribution is 7.47. The monoisotopic (exact) mass is 915 g/mol. The Morgan fingerprint density at radius 3 is 1.35 bits per heavy atom. The SMILES string of the molecule is CC/C=C\C/C=C\C/C=C\C/C=C\CCC(=O)OC(COC(=O)CCCCCCCCCCCCCCCCCCCCCCC)COP(=O)(O)OC1C(O)C(O)C(O)C(O)C1O. The number of unbranched alkanes of at least 4 members (excludes halogenated alkanes) is 20. The van der Waals surface area contributed by atoms with Gasteiger partial charge in [-0.1, -0.05) is 191 Å². The second-order valence-electron chi connectivity index (χ2n) is 16.9. The first-order chi connectivity index (χ1) is 30.4. The van der Waals surface area contributed by atoms with E-state index in [0.717, 1.165) is 38.5 Å². The number of esters is 2. The smallest absolute Gasteiger partial charge is 0.462 e. The fourth-order valence-electron chi connectivity index (χ4n) is 7.30. The first kappa shape index (κ1) is 58.8. The van der Waals surface area contributed by atoms with Gasteiger partial charge in [0.2, 0.25) is 0 Å². The summed E-state index contributed by atoms with van der Waals surface area (Å²) in [6, 6.07) is 0. The molecule has 6 unspecified atom stereocenters. The van der Waals surface area contributed by atoms with E-state index >= 15 is 0 Å². The Hall–Kier alpha value is -2.19. The number of phosphoric acid groups is 1. The molecule has 0 aliphatic heterocycles. The molecule has 1 aliphatic carbocycles. The summed E-state index contributed by atoms with van der Waals surface area (Å²) in [4.78, 5) is 35.7. The molecule has 366 valence electrons. The average molecular weight is 915 g/mol. The Labute approximate surface area is 380 Å². The lowest BCUT2D eigenvalue weighted by molar-refractivity contribution is -0.220. The zero-order chi connectivity index (χ0) is 46.4. The molecule has 0 saturated heterocycles. The van der Waals surface area contributed by atoms with E-state index in [2.05, 4.69) is 44.2 Å². The predicted molar refractivity (Wildman–Crippen MR) is 249 cm³/mol. The Morgan fingerprint density at radius 2 is 0.905 bits per heavy atom. The van der Waals surface area contributed by atoms with Crippen molar-refractivity contribution >= 4 is 19.8 Å². The van der Waals surface area contributed by atoms with Crippen molar-refractivity contribution in [1.29, 1.82) is 0 Å². The molecule has 0 aromatic carbocycles. The van der Waals surface area contributed by atoms with Gasteiger partial charge in [-0.05, 0) is 38.5 Å². The van der Waals surface area contributed by atoms with E-state index in [9.17, 15) is 44.6 Å². The first-order valence-electron chi connectivity index (χ1n) is 24.4. The molecule has 1 rings (SSSR count). The van der Waals surface area contributed by atoms with Crippen molar-refractivity contribution in [2.45, 2.75) is 236 Å². The van der Waals surface area contributed by atoms with Gasteiger partial charge in [-0.3, -0.25) is 18.6 Å². The van der Waals surface area contributed by atoms with Gasteiger partial charge >= 0.3 is 19.8 Å². The maximum absolute atomic E-state index is 12.8. The minimum Gasteiger partial charge on any atom is -0.462 e. The number of hydrogen-bond acceptors (Lipinski definition) is 12. The largest absolute Gasteiger partial charge is 0.472 e. The molecule has 0 heterocycles. The number of ether oxygens (including phenoxy) is 2. The Kier molecular flexibility index (Phi) is 36.4. The summed E-state index contributed by atoms with van der Waals surface area (Å²) in [5, 5.41) is 50.1. The lowest BCUT2D eigenvalue weighted by Crippen LogP contribution is -2.64. The number of phosphoric ester groups is 1. The number of carbonyl (C=O) groups is 2. The highest BCUT2D eigenvalue weighted by Crippen LogP contribution is 2.47. The molecule has 6 N–H and O–H groups in total. The van der Waals surface area contributed by atoms with Gasteiger partial charge in [-0.2, -0.15) is 0 Å². The maximum Gasteiger partial charge on any atom is 0.472 e. The summed E-state index contributed by atoms with van der Waals surface area (Å²) < 4.78 is 33.5. The van der Waals surface area contributed by atoms with Crippen molar-refractivity contribution in [3.8, 4) is 0 Å². The number of aliphatic hydroxyl groups excluding tert-OH is 5. The summed E-state index contributed by atoms with van der Waals surface area (Å²) in [6.45, 7) is 3.14. The number of rotatable bonds is 40. The molecule has 63 heavy (non-hydrogen) atoms. The molecular formula is C49H87O13P. The van der Waals surface area contributed by atoms with Crippen LogP contribution in [0.15, 0.2) is 48.6 Å². The van der Waals surface area contributed by atoms with Crippen LogP contribution in [-0.2, 0) is 32.7 Å². The van der Waals surface area contributed by atoms with Crippen LogP contribution in [-0.4, -0.2) is 98.3 Å². The van der Waals surface area contributed by atoms with E-state index in [1.165, 1.54) is 109 Å². The molecule has 0 aromatic rings. The van der Waals surface area contributed by atoms with Gasteiger partial charge in [0.1, 0.15) is 43.2 Å². The summed E-state index contributed by atoms with van der Waals surface area (Å²) in [5.41, 5.74) is 0. The van der Waals surface area contributed by atoms with Crippen molar-refractivity contribution in [1.82, 2.24) is 0 Å². The van der Waals surface area contributed by atoms with Crippen LogP contribution in [0, 0.1) is 0 Å². The second-order valence-corrected chi connectivity index (χ2v) is 18.3. The third-order valence-corrected chi connectivity index (χ3v) is 12.2. The molecule has 14 heteroatoms. The van der Waals surface area contributed by atoms with Gasteiger partial charge in [0.05, 0.1) is 6.61 Å². The van der Waals surface area contributed by atoms with Crippen molar-refractivity contribution in [3.63, 3.8) is 0 Å². The van der Waals surface area contributed by atoms with Crippen molar-refractivity contribution in [3.05, 3.63) is 48.6 Å². The average Bonchev–Trinajstić information content (AvgIpc) is 3.26. The standard InChI is InChI=1S/C49H87O13P/c1-3-5-7-9-11-13-15-17-18-19-20-21-22-23-24-26-27-29-31-33-35-37-42(50)59-39-41(40-60-63(57,58)62-49-47(55)45(53)44(52)46(54)48(49)56)61-43(51)38-36-34-32-30-28-25-16-14-12-10-8-6-4-2/h6,8,12,14,25,28,32,34,41,44-49,52-56H,3-5,7,9-11,13,15-24,26-27,29-31,33,35-40H2,1-2H3,(H,57,58)/b8-6-,14-12-,28-25-,34-32-. The fourth-order valence-corrected chi connectivity index (χ4v) is 8.27. The lowest BCUT2D eigenvalue weighted by atomic mass is 9.85. The van der Waals surface area contributed by atoms with E-state index in [4.69, 9.17) is 18.5 Å². The van der Waals surface area contributed by atoms with Crippen molar-refractivity contribution in [2.24, 2.45) is 0 Å². The number of carbonyl (C=O) groups excluding carboxylic acids is 2. The van der Waals surface area contributed by atoms with Crippen molar-refractivity contribution in [2.75, 3.05) is 13.2 Å². The summed E-state index contributed by atoms with van der Waals surface area (Å²) in [5.74, 6) is -1.19. The molecule has 6 atom stereocenters. The lowest BCUT2D eigenvalue weighted by Gasteiger charge is -2.41. The van der Waals surface area contributed by atoms with E-state index in [0.29, 0.717) is 19.3 Å². The third kappa shape index (κ3) is 31.4. The minimum absolute atomic E-state index is 0.0238. The first-order valence-corrected chi connectivity index (χ1v) is 25.9. The fraction of sp³-hybridized carbons (Fsp3) is 0.796. The van der Waals surface area contributed by atoms with Crippen LogP contribution >= 0.6 is 7.82 Å². The number of allylic oxidation sites excluding steroid dienone is 8. The van der Waals surface area contributed by atoms with Crippen molar-refractivity contribution < 1.29 is 63.1 Å². The predicted octanol–water partition coefficient (Wildman–Crippen LogP) is 9.95. The van der Waals surface area contributed by atoms with E-state index in [-0.39, 0.29) is 12.8 Å². The van der Waals surface area contributed by atoms with Crippen LogP contribution in [0.3, 0.4) is 0 Å². The zero-order valence-corrected chi connectivity index (χ0v) is 39.8. The van der Waals surface area contributed by atoms with E-state index in [1.54, 1.807) is 0 Å². The van der Waals surface area contributed by atoms with Gasteiger partial charge in [0.15, 0.2) is 6.10 Å². The van der Waals surface area contributed by atoms with Crippen LogP contribution in [0.25, 0.3) is 0 Å². The van der Waals surface area contributed by atoms with Gasteiger partial charge in [0.25, 0.3) is 0 Å². The van der Waals surface area contributed by atoms with Gasteiger partial charge in [-0.15, -0.1) is 0 Å². The molecule has 13 nitrogen and oxygen atoms in total. The van der Waals surface area contributed by atoms with E-state index < -0.39 is 75.7 Å². The number of aliphatic hydroxyl groups is 5. The maximum atomic E-state index is 12.8. The van der Waals surface area contributed by atoms with Crippen LogP contribution in [0.1, 0.15) is 194 Å². The molecule has 1 aliphatic rings. The highest BCUT2D eigenvalue weighted by atomic mass is 31.2. The molecule has 0 bridgehead atoms. The van der Waals surface area contributed by atoms with Gasteiger partial charge in [-0.25, -0.2) is 4.57 Å². The molecular weight excluding hydrogens is 828 g/mol. The Bertz CT molecular complexity index is 1290. The second kappa shape index (κ2) is 39.0. The van der Waals surface area contributed by atoms with Crippen LogP contribution < -0.4 is 0 Å². The van der Waals surface area contributed by atoms with Crippen LogP contribution in [0.2, 0.25) is 0 Å². The summed E-state index contributed by atoms with van der Waals surface area (Å²) in [7, 11) is -5.14. The number of hydrogen-bond donors (Lipinski definition) is 6. The molecule has 1 saturated carbocycles. The zero-order valence-electron chi connectivity index (χ0n) is 38.9. The third-order valence-electron chi connectivity index (χ3n) is 11.2. The van der Waals surface area contributed by atoms with Gasteiger partial charge < -0.3 is 39.9 Å². The van der Waals surface area contributed by atoms with Crippen LogP contribution in [0.4, 0.5) is 0 Å². The highest BCUT2D eigenvalue weighted by Gasteiger charge is 2.51. The molecule has 0 amide bonds. The molecule has 0 radical (unpaired) electrons. The molecule has 0 spiro atoms. The normalized spacial score (nSPS) is 22.1. The topological polar surface area (TPSA) is 210 Å². The van der Waals surface area contributed by atoms with E-state index in [1.807, 2.05) is 18.2 Å². The summed E-state index contributed by atoms with van der Waals surface area (Å²) in [6.07, 6.45) is 33.4. The van der Waals surface area contributed by atoms with Gasteiger partial charge in [0, 0.05) is 12.8 Å². The Morgan fingerprint density at radius 1 is 0.508 bits per heavy atom. The summed E-state index contributed by atoms with van der Waals surface area (Å²) >= 11 is 0.